The SMILES string of the molecule is CC/C=C\CC/C=C/CO.O=CO. The van der Waals surface area contributed by atoms with Gasteiger partial charge >= 0.3 is 0 Å². The molecule has 0 spiro atoms. The molecule has 0 atom stereocenters. The number of rotatable bonds is 5. The van der Waals surface area contributed by atoms with E-state index in [-0.39, 0.29) is 13.1 Å². The molecule has 0 unspecified atom stereocenters. The smallest absolute Gasteiger partial charge is 0.290 e. The minimum atomic E-state index is -0.250. The number of carboxylic acid groups (broad SMARTS) is 1. The Balaban J connectivity index is 0. The molecule has 0 rings (SSSR count). The second-order valence-electron chi connectivity index (χ2n) is 2.22. The van der Waals surface area contributed by atoms with Gasteiger partial charge in [0.05, 0.1) is 6.61 Å². The summed E-state index contributed by atoms with van der Waals surface area (Å²) in [7, 11) is 0. The van der Waals surface area contributed by atoms with Gasteiger partial charge in [-0.05, 0) is 19.3 Å². The van der Waals surface area contributed by atoms with Gasteiger partial charge in [0.1, 0.15) is 0 Å². The molecule has 0 aliphatic heterocycles. The van der Waals surface area contributed by atoms with E-state index in [1.54, 1.807) is 6.08 Å². The quantitative estimate of drug-likeness (QED) is 0.392. The van der Waals surface area contributed by atoms with Crippen LogP contribution in [0.4, 0.5) is 0 Å². The number of hydrogen-bond donors (Lipinski definition) is 2. The molecule has 0 saturated carbocycles. The molecule has 2 N–H and O–H groups in total. The van der Waals surface area contributed by atoms with Gasteiger partial charge in [0, 0.05) is 0 Å². The number of allylic oxidation sites excluding steroid dienone is 3. The van der Waals surface area contributed by atoms with E-state index in [4.69, 9.17) is 15.0 Å². The summed E-state index contributed by atoms with van der Waals surface area (Å²) in [5.74, 6) is 0. The van der Waals surface area contributed by atoms with Crippen LogP contribution in [0.5, 0.6) is 0 Å². The second kappa shape index (κ2) is 17.1. The minimum absolute atomic E-state index is 0.164. The van der Waals surface area contributed by atoms with Crippen LogP contribution in [-0.4, -0.2) is 23.3 Å². The van der Waals surface area contributed by atoms with E-state index < -0.39 is 0 Å². The van der Waals surface area contributed by atoms with Gasteiger partial charge < -0.3 is 10.2 Å². The summed E-state index contributed by atoms with van der Waals surface area (Å²) in [4.78, 5) is 8.36. The standard InChI is InChI=1S/C9H16O.CH2O2/c1-2-3-4-5-6-7-8-9-10;2-1-3/h3-4,7-8,10H,2,5-6,9H2,1H3;1H,(H,2,3)/b4-3-,8-7+;. The third-order valence-electron chi connectivity index (χ3n) is 1.17. The Morgan fingerprint density at radius 3 is 1.92 bits per heavy atom. The zero-order chi connectivity index (χ0) is 10.4. The highest BCUT2D eigenvalue weighted by Gasteiger charge is 1.74. The van der Waals surface area contributed by atoms with Crippen molar-refractivity contribution in [3.05, 3.63) is 24.3 Å². The number of aliphatic hydroxyl groups is 1. The van der Waals surface area contributed by atoms with Gasteiger partial charge in [0.15, 0.2) is 0 Å². The zero-order valence-corrected chi connectivity index (χ0v) is 8.02. The largest absolute Gasteiger partial charge is 0.483 e. The lowest BCUT2D eigenvalue weighted by molar-refractivity contribution is -0.122. The summed E-state index contributed by atoms with van der Waals surface area (Å²) in [5, 5.41) is 15.3. The molecule has 0 amide bonds. The fourth-order valence-corrected chi connectivity index (χ4v) is 0.669. The molecular weight excluding hydrogens is 168 g/mol. The monoisotopic (exact) mass is 186 g/mol. The van der Waals surface area contributed by atoms with Gasteiger partial charge in [-0.2, -0.15) is 0 Å². The molecule has 13 heavy (non-hydrogen) atoms. The highest BCUT2D eigenvalue weighted by Crippen LogP contribution is 1.93. The topological polar surface area (TPSA) is 57.5 Å². The van der Waals surface area contributed by atoms with Crippen molar-refractivity contribution in [1.29, 1.82) is 0 Å². The molecule has 0 radical (unpaired) electrons. The van der Waals surface area contributed by atoms with Crippen molar-refractivity contribution < 1.29 is 15.0 Å². The zero-order valence-electron chi connectivity index (χ0n) is 8.02. The third kappa shape index (κ3) is 24.8. The van der Waals surface area contributed by atoms with Gasteiger partial charge in [-0.15, -0.1) is 0 Å². The summed E-state index contributed by atoms with van der Waals surface area (Å²) in [5.41, 5.74) is 0. The Morgan fingerprint density at radius 2 is 1.54 bits per heavy atom. The molecule has 0 fully saturated rings. The Bertz CT molecular complexity index is 125. The van der Waals surface area contributed by atoms with Crippen molar-refractivity contribution in [3.8, 4) is 0 Å². The molecule has 3 heteroatoms. The van der Waals surface area contributed by atoms with E-state index in [0.717, 1.165) is 19.3 Å². The van der Waals surface area contributed by atoms with Crippen LogP contribution in [0.3, 0.4) is 0 Å². The molecule has 0 aromatic carbocycles. The van der Waals surface area contributed by atoms with Crippen LogP contribution in [-0.2, 0) is 4.79 Å². The first-order valence-electron chi connectivity index (χ1n) is 4.32. The normalized spacial score (nSPS) is 10.0. The molecule has 0 aromatic rings. The lowest BCUT2D eigenvalue weighted by Gasteiger charge is -1.84. The van der Waals surface area contributed by atoms with E-state index in [1.807, 2.05) is 6.08 Å². The first-order chi connectivity index (χ1) is 6.33. The Kier molecular flexibility index (Phi) is 19.0. The number of unbranched alkanes of at least 4 members (excludes halogenated alkanes) is 1. The van der Waals surface area contributed by atoms with Crippen molar-refractivity contribution in [2.75, 3.05) is 6.61 Å². The molecule has 0 heterocycles. The molecule has 0 bridgehead atoms. The number of hydrogen-bond acceptors (Lipinski definition) is 2. The Labute approximate surface area is 79.4 Å². The molecule has 3 nitrogen and oxygen atoms in total. The maximum atomic E-state index is 8.36. The highest BCUT2D eigenvalue weighted by atomic mass is 16.3. The van der Waals surface area contributed by atoms with Gasteiger partial charge in [0.25, 0.3) is 6.47 Å². The summed E-state index contributed by atoms with van der Waals surface area (Å²) in [6, 6.07) is 0. The second-order valence-corrected chi connectivity index (χ2v) is 2.22. The van der Waals surface area contributed by atoms with Crippen LogP contribution >= 0.6 is 0 Å². The predicted molar refractivity (Wildman–Crippen MR) is 53.6 cm³/mol. The third-order valence-corrected chi connectivity index (χ3v) is 1.17. The Morgan fingerprint density at radius 1 is 1.08 bits per heavy atom. The lowest BCUT2D eigenvalue weighted by Crippen LogP contribution is -1.70. The first kappa shape index (κ1) is 14.4. The summed E-state index contributed by atoms with van der Waals surface area (Å²) in [6.07, 6.45) is 11.3. The minimum Gasteiger partial charge on any atom is -0.483 e. The fourth-order valence-electron chi connectivity index (χ4n) is 0.669. The molecule has 0 aliphatic carbocycles. The molecule has 0 saturated heterocycles. The van der Waals surface area contributed by atoms with Crippen molar-refractivity contribution in [1.82, 2.24) is 0 Å². The van der Waals surface area contributed by atoms with Gasteiger partial charge in [-0.1, -0.05) is 31.2 Å². The van der Waals surface area contributed by atoms with E-state index in [0.29, 0.717) is 0 Å². The lowest BCUT2D eigenvalue weighted by atomic mass is 10.2. The maximum Gasteiger partial charge on any atom is 0.290 e. The average molecular weight is 186 g/mol. The van der Waals surface area contributed by atoms with Crippen LogP contribution in [0.1, 0.15) is 26.2 Å². The molecule has 0 aliphatic rings. The van der Waals surface area contributed by atoms with E-state index in [2.05, 4.69) is 19.1 Å². The highest BCUT2D eigenvalue weighted by molar-refractivity contribution is 5.32. The van der Waals surface area contributed by atoms with E-state index in [9.17, 15) is 0 Å². The Hall–Kier alpha value is -1.09. The van der Waals surface area contributed by atoms with Gasteiger partial charge in [-0.3, -0.25) is 4.79 Å². The van der Waals surface area contributed by atoms with Crippen LogP contribution in [0, 0.1) is 0 Å². The van der Waals surface area contributed by atoms with Crippen molar-refractivity contribution in [3.63, 3.8) is 0 Å². The van der Waals surface area contributed by atoms with Crippen molar-refractivity contribution in [2.45, 2.75) is 26.2 Å². The number of carbonyl (C=O) groups is 1. The molecule has 0 aromatic heterocycles. The fraction of sp³-hybridized carbons (Fsp3) is 0.500. The first-order valence-corrected chi connectivity index (χ1v) is 4.32. The predicted octanol–water partition coefficient (Wildman–Crippen LogP) is 1.98. The number of aliphatic hydroxyl groups excluding tert-OH is 1. The van der Waals surface area contributed by atoms with E-state index >= 15 is 0 Å². The van der Waals surface area contributed by atoms with Crippen LogP contribution in [0.25, 0.3) is 0 Å². The van der Waals surface area contributed by atoms with Crippen LogP contribution < -0.4 is 0 Å². The van der Waals surface area contributed by atoms with E-state index in [1.165, 1.54) is 0 Å². The maximum absolute atomic E-state index is 8.36. The summed E-state index contributed by atoms with van der Waals surface area (Å²) >= 11 is 0. The summed E-state index contributed by atoms with van der Waals surface area (Å²) < 4.78 is 0. The molecular formula is C10H18O3. The van der Waals surface area contributed by atoms with Gasteiger partial charge in [0.2, 0.25) is 0 Å². The van der Waals surface area contributed by atoms with Crippen LogP contribution in [0.15, 0.2) is 24.3 Å². The average Bonchev–Trinajstić information content (AvgIpc) is 2.13. The van der Waals surface area contributed by atoms with Gasteiger partial charge in [-0.25, -0.2) is 0 Å². The van der Waals surface area contributed by atoms with Crippen molar-refractivity contribution in [2.24, 2.45) is 0 Å². The summed E-state index contributed by atoms with van der Waals surface area (Å²) in [6.45, 7) is 2.04. The molecule has 76 valence electrons. The van der Waals surface area contributed by atoms with Crippen molar-refractivity contribution >= 4 is 6.47 Å². The van der Waals surface area contributed by atoms with Crippen LogP contribution in [0.2, 0.25) is 0 Å².